The molecule has 1 atom stereocenters. The quantitative estimate of drug-likeness (QED) is 0.609. The molecule has 3 aromatic rings. The molecular weight excluding hydrogens is 400 g/mol. The van der Waals surface area contributed by atoms with Gasteiger partial charge in [-0.05, 0) is 37.6 Å². The molecule has 2 N–H and O–H groups in total. The summed E-state index contributed by atoms with van der Waals surface area (Å²) in [7, 11) is 0. The average Bonchev–Trinajstić information content (AvgIpc) is 3.48. The maximum atomic E-state index is 13.1. The molecule has 1 aliphatic rings. The van der Waals surface area contributed by atoms with Crippen LogP contribution in [-0.4, -0.2) is 35.3 Å². The van der Waals surface area contributed by atoms with Crippen LogP contribution in [-0.2, 0) is 6.54 Å². The maximum Gasteiger partial charge on any atom is 0.255 e. The molecular formula is C23H28ClN4O2+. The molecule has 30 heavy (non-hydrogen) atoms. The summed E-state index contributed by atoms with van der Waals surface area (Å²) in [4.78, 5) is 14.5. The number of likely N-dealkylation sites (tertiary alicyclic amines) is 1. The minimum absolute atomic E-state index is 0.0921. The SMILES string of the molecule is Cc1nn(Cc2ccccc2Cl)c(C)c1C(=O)NC[C@@H](c1ccco1)[NH+]1CCCC1. The van der Waals surface area contributed by atoms with Crippen molar-refractivity contribution in [2.24, 2.45) is 0 Å². The van der Waals surface area contributed by atoms with E-state index >= 15 is 0 Å². The van der Waals surface area contributed by atoms with Crippen LogP contribution in [0.1, 0.15) is 52.0 Å². The molecule has 158 valence electrons. The Morgan fingerprint density at radius 2 is 2.00 bits per heavy atom. The second kappa shape index (κ2) is 9.06. The number of aryl methyl sites for hydroxylation is 1. The lowest BCUT2D eigenvalue weighted by Crippen LogP contribution is -3.11. The van der Waals surface area contributed by atoms with E-state index in [1.165, 1.54) is 17.7 Å². The number of nitrogens with zero attached hydrogens (tertiary/aromatic N) is 2. The van der Waals surface area contributed by atoms with Crippen LogP contribution in [0.2, 0.25) is 5.02 Å². The summed E-state index contributed by atoms with van der Waals surface area (Å²) in [5.41, 5.74) is 3.18. The fraction of sp³-hybridized carbons (Fsp3) is 0.391. The Kier molecular flexibility index (Phi) is 6.25. The van der Waals surface area contributed by atoms with E-state index in [9.17, 15) is 4.79 Å². The number of furan rings is 1. The van der Waals surface area contributed by atoms with Gasteiger partial charge in [0.25, 0.3) is 5.91 Å². The van der Waals surface area contributed by atoms with Gasteiger partial charge in [0.1, 0.15) is 0 Å². The fourth-order valence-corrected chi connectivity index (χ4v) is 4.56. The predicted octanol–water partition coefficient (Wildman–Crippen LogP) is 2.94. The van der Waals surface area contributed by atoms with Crippen molar-refractivity contribution in [3.63, 3.8) is 0 Å². The summed E-state index contributed by atoms with van der Waals surface area (Å²) >= 11 is 6.30. The van der Waals surface area contributed by atoms with Crippen LogP contribution < -0.4 is 10.2 Å². The Balaban J connectivity index is 1.49. The highest BCUT2D eigenvalue weighted by atomic mass is 35.5. The zero-order valence-electron chi connectivity index (χ0n) is 17.5. The molecule has 0 spiro atoms. The fourth-order valence-electron chi connectivity index (χ4n) is 4.36. The third-order valence-corrected chi connectivity index (χ3v) is 6.35. The highest BCUT2D eigenvalue weighted by Crippen LogP contribution is 2.20. The first-order valence-corrected chi connectivity index (χ1v) is 10.9. The zero-order chi connectivity index (χ0) is 21.1. The van der Waals surface area contributed by atoms with Crippen molar-refractivity contribution >= 4 is 17.5 Å². The second-order valence-corrected chi connectivity index (χ2v) is 8.35. The monoisotopic (exact) mass is 427 g/mol. The minimum atomic E-state index is -0.0921. The Morgan fingerprint density at radius 1 is 1.23 bits per heavy atom. The van der Waals surface area contributed by atoms with Gasteiger partial charge in [-0.3, -0.25) is 9.48 Å². The first-order valence-electron chi connectivity index (χ1n) is 10.5. The molecule has 0 aliphatic carbocycles. The lowest BCUT2D eigenvalue weighted by Gasteiger charge is -2.23. The van der Waals surface area contributed by atoms with Crippen LogP contribution in [0.15, 0.2) is 47.1 Å². The first kappa shape index (κ1) is 20.7. The number of carbonyl (C=O) groups excluding carboxylic acids is 1. The average molecular weight is 428 g/mol. The third kappa shape index (κ3) is 4.30. The van der Waals surface area contributed by atoms with E-state index in [2.05, 4.69) is 10.4 Å². The van der Waals surface area contributed by atoms with Crippen LogP contribution in [0.5, 0.6) is 0 Å². The highest BCUT2D eigenvalue weighted by molar-refractivity contribution is 6.31. The summed E-state index contributed by atoms with van der Waals surface area (Å²) in [5, 5.41) is 8.43. The van der Waals surface area contributed by atoms with Gasteiger partial charge in [0.15, 0.2) is 11.8 Å². The van der Waals surface area contributed by atoms with Crippen molar-refractivity contribution in [2.75, 3.05) is 19.6 Å². The van der Waals surface area contributed by atoms with Crippen molar-refractivity contribution in [1.82, 2.24) is 15.1 Å². The normalized spacial score (nSPS) is 15.4. The summed E-state index contributed by atoms with van der Waals surface area (Å²) in [5.74, 6) is 0.834. The number of nitrogens with one attached hydrogen (secondary N) is 2. The van der Waals surface area contributed by atoms with Crippen LogP contribution in [0.3, 0.4) is 0 Å². The summed E-state index contributed by atoms with van der Waals surface area (Å²) in [6, 6.07) is 11.7. The summed E-state index contributed by atoms with van der Waals surface area (Å²) < 4.78 is 7.52. The van der Waals surface area contributed by atoms with E-state index in [1.54, 1.807) is 6.26 Å². The van der Waals surface area contributed by atoms with Crippen LogP contribution >= 0.6 is 11.6 Å². The molecule has 1 aromatic carbocycles. The molecule has 6 nitrogen and oxygen atoms in total. The number of amides is 1. The predicted molar refractivity (Wildman–Crippen MR) is 116 cm³/mol. The Labute approximate surface area is 181 Å². The van der Waals surface area contributed by atoms with Gasteiger partial charge in [-0.25, -0.2) is 0 Å². The molecule has 1 amide bonds. The molecule has 3 heterocycles. The number of aromatic nitrogens is 2. The molecule has 0 saturated carbocycles. The van der Waals surface area contributed by atoms with Crippen LogP contribution in [0, 0.1) is 13.8 Å². The van der Waals surface area contributed by atoms with E-state index < -0.39 is 0 Å². The van der Waals surface area contributed by atoms with Crippen molar-refractivity contribution < 1.29 is 14.1 Å². The largest absolute Gasteiger partial charge is 0.463 e. The van der Waals surface area contributed by atoms with Crippen LogP contribution in [0.4, 0.5) is 0 Å². The van der Waals surface area contributed by atoms with Gasteiger partial charge < -0.3 is 14.6 Å². The number of carbonyl (C=O) groups is 1. The maximum absolute atomic E-state index is 13.1. The lowest BCUT2D eigenvalue weighted by molar-refractivity contribution is -0.919. The Morgan fingerprint density at radius 3 is 2.70 bits per heavy atom. The van der Waals surface area contributed by atoms with Crippen molar-refractivity contribution in [2.45, 2.75) is 39.3 Å². The van der Waals surface area contributed by atoms with E-state index in [-0.39, 0.29) is 11.9 Å². The third-order valence-electron chi connectivity index (χ3n) is 5.98. The van der Waals surface area contributed by atoms with E-state index in [4.69, 9.17) is 16.0 Å². The number of hydrogen-bond acceptors (Lipinski definition) is 3. The molecule has 1 fully saturated rings. The van der Waals surface area contributed by atoms with Gasteiger partial charge in [0.05, 0.1) is 43.7 Å². The zero-order valence-corrected chi connectivity index (χ0v) is 18.2. The van der Waals surface area contributed by atoms with E-state index in [0.29, 0.717) is 23.7 Å². The Hall–Kier alpha value is -2.57. The van der Waals surface area contributed by atoms with E-state index in [0.717, 1.165) is 35.8 Å². The molecule has 2 aromatic heterocycles. The first-order chi connectivity index (χ1) is 14.5. The van der Waals surface area contributed by atoms with Gasteiger partial charge >= 0.3 is 0 Å². The smallest absolute Gasteiger partial charge is 0.255 e. The van der Waals surface area contributed by atoms with Gasteiger partial charge in [-0.2, -0.15) is 5.10 Å². The number of hydrogen-bond donors (Lipinski definition) is 2. The number of halogens is 1. The summed E-state index contributed by atoms with van der Waals surface area (Å²) in [6.07, 6.45) is 4.13. The van der Waals surface area contributed by atoms with Gasteiger partial charge in [-0.1, -0.05) is 29.8 Å². The molecule has 7 heteroatoms. The molecule has 1 saturated heterocycles. The molecule has 4 rings (SSSR count). The van der Waals surface area contributed by atoms with Gasteiger partial charge in [0.2, 0.25) is 0 Å². The van der Waals surface area contributed by atoms with Crippen molar-refractivity contribution in [3.8, 4) is 0 Å². The van der Waals surface area contributed by atoms with Gasteiger partial charge in [0, 0.05) is 23.6 Å². The minimum Gasteiger partial charge on any atom is -0.463 e. The molecule has 1 aliphatic heterocycles. The number of benzene rings is 1. The highest BCUT2D eigenvalue weighted by Gasteiger charge is 2.30. The molecule has 0 bridgehead atoms. The lowest BCUT2D eigenvalue weighted by atomic mass is 10.1. The van der Waals surface area contributed by atoms with Crippen molar-refractivity contribution in [3.05, 3.63) is 76.0 Å². The topological polar surface area (TPSA) is 64.5 Å². The second-order valence-electron chi connectivity index (χ2n) is 7.94. The standard InChI is InChI=1S/C23H27ClN4O2/c1-16-22(17(2)28(26-16)15-18-8-3-4-9-19(18)24)23(29)25-14-20(21-10-7-13-30-21)27-11-5-6-12-27/h3-4,7-10,13,20H,5-6,11-12,14-15H2,1-2H3,(H,25,29)/p+1/t20-/m0/s1. The van der Waals surface area contributed by atoms with E-state index in [1.807, 2.05) is 54.9 Å². The summed E-state index contributed by atoms with van der Waals surface area (Å²) in [6.45, 7) is 7.09. The Bertz CT molecular complexity index is 1010. The van der Waals surface area contributed by atoms with Crippen molar-refractivity contribution in [1.29, 1.82) is 0 Å². The number of rotatable bonds is 7. The molecule has 0 radical (unpaired) electrons. The molecule has 0 unspecified atom stereocenters. The van der Waals surface area contributed by atoms with Crippen LogP contribution in [0.25, 0.3) is 0 Å². The van der Waals surface area contributed by atoms with Gasteiger partial charge in [-0.15, -0.1) is 0 Å². The number of quaternary nitrogens is 1.